The van der Waals surface area contributed by atoms with Gasteiger partial charge in [-0.2, -0.15) is 0 Å². The number of fused-ring (bicyclic) bond motifs is 1. The molecule has 110 valence electrons. The molecule has 4 atom stereocenters. The minimum Gasteiger partial charge on any atom is -0.394 e. The Hall–Kier alpha value is -2.30. The molecule has 0 spiro atoms. The summed E-state index contributed by atoms with van der Waals surface area (Å²) in [5, 5.41) is 32.3. The molecule has 2 aromatic rings. The molecule has 0 aliphatic carbocycles. The molecule has 3 N–H and O–H groups in total. The normalized spacial score (nSPS) is 28.7. The van der Waals surface area contributed by atoms with Crippen molar-refractivity contribution in [2.45, 2.75) is 24.5 Å². The van der Waals surface area contributed by atoms with Crippen LogP contribution in [-0.4, -0.2) is 59.8 Å². The smallest absolute Gasteiger partial charge is 0.165 e. The second-order valence-corrected chi connectivity index (χ2v) is 4.44. The summed E-state index contributed by atoms with van der Waals surface area (Å²) in [6.45, 7) is -0.430. The van der Waals surface area contributed by atoms with Gasteiger partial charge < -0.3 is 20.1 Å². The Balaban J connectivity index is 2.06. The van der Waals surface area contributed by atoms with Crippen molar-refractivity contribution in [2.24, 2.45) is 5.11 Å². The summed E-state index contributed by atoms with van der Waals surface area (Å²) in [7, 11) is 0. The zero-order chi connectivity index (χ0) is 15.0. The number of hydrogen-bond donors (Lipinski definition) is 3. The Morgan fingerprint density at radius 2 is 2.14 bits per heavy atom. The summed E-state index contributed by atoms with van der Waals surface area (Å²) in [5.41, 5.74) is 9.00. The lowest BCUT2D eigenvalue weighted by molar-refractivity contribution is -0.0511. The van der Waals surface area contributed by atoms with E-state index in [1.54, 1.807) is 0 Å². The van der Waals surface area contributed by atoms with Crippen LogP contribution in [-0.2, 0) is 4.74 Å². The third-order valence-corrected chi connectivity index (χ3v) is 3.27. The van der Waals surface area contributed by atoms with Gasteiger partial charge >= 0.3 is 0 Å². The maximum atomic E-state index is 10.0. The maximum absolute atomic E-state index is 10.0. The summed E-state index contributed by atoms with van der Waals surface area (Å²) in [5.74, 6) is 0.0491. The van der Waals surface area contributed by atoms with Crippen LogP contribution in [0.1, 0.15) is 6.23 Å². The lowest BCUT2D eigenvalue weighted by Gasteiger charge is -2.16. The third kappa shape index (κ3) is 2.09. The van der Waals surface area contributed by atoms with Crippen LogP contribution in [0.3, 0.4) is 0 Å². The highest BCUT2D eigenvalue weighted by molar-refractivity contribution is 5.80. The first-order valence-electron chi connectivity index (χ1n) is 6.02. The lowest BCUT2D eigenvalue weighted by Crippen LogP contribution is -2.33. The van der Waals surface area contributed by atoms with Crippen LogP contribution in [0.2, 0.25) is 0 Å². The molecule has 0 unspecified atom stereocenters. The number of ether oxygens (including phenoxy) is 1. The van der Waals surface area contributed by atoms with Crippen LogP contribution in [0.25, 0.3) is 21.6 Å². The second kappa shape index (κ2) is 5.24. The summed E-state index contributed by atoms with van der Waals surface area (Å²) in [4.78, 5) is 14.5. The molecule has 1 aliphatic heterocycles. The first-order valence-corrected chi connectivity index (χ1v) is 6.02. The summed E-state index contributed by atoms with van der Waals surface area (Å²) < 4.78 is 6.78. The molecular formula is C10H11N7O4. The minimum absolute atomic E-state index is 0.0491. The second-order valence-electron chi connectivity index (χ2n) is 4.44. The van der Waals surface area contributed by atoms with Gasteiger partial charge in [-0.25, -0.2) is 15.0 Å². The number of azide groups is 1. The Morgan fingerprint density at radius 3 is 2.81 bits per heavy atom. The quantitative estimate of drug-likeness (QED) is 0.385. The van der Waals surface area contributed by atoms with Crippen LogP contribution in [0.4, 0.5) is 5.82 Å². The predicted octanol–water partition coefficient (Wildman–Crippen LogP) is -0.620. The van der Waals surface area contributed by atoms with Gasteiger partial charge in [0.05, 0.1) is 12.9 Å². The highest BCUT2D eigenvalue weighted by Gasteiger charge is 2.43. The van der Waals surface area contributed by atoms with E-state index in [-0.39, 0.29) is 17.0 Å². The zero-order valence-corrected chi connectivity index (χ0v) is 10.6. The number of aliphatic hydroxyl groups is 3. The standard InChI is InChI=1S/C10H11N7O4/c11-16-15-8-5-9(13-2-12-8)17(3-14-5)10-7(20)6(19)4(1-18)21-10/h2-4,6-7,10,18-20H,1H2/t4-,6-,7-,10-/m1/s1. The van der Waals surface area contributed by atoms with E-state index < -0.39 is 31.1 Å². The van der Waals surface area contributed by atoms with Crippen LogP contribution in [0, 0.1) is 0 Å². The number of rotatable bonds is 3. The average molecular weight is 293 g/mol. The Kier molecular flexibility index (Phi) is 3.41. The van der Waals surface area contributed by atoms with Gasteiger partial charge in [0, 0.05) is 4.91 Å². The summed E-state index contributed by atoms with van der Waals surface area (Å²) in [6.07, 6.45) is -1.83. The van der Waals surface area contributed by atoms with Crippen LogP contribution in [0.15, 0.2) is 17.8 Å². The van der Waals surface area contributed by atoms with Crippen molar-refractivity contribution < 1.29 is 20.1 Å². The molecule has 0 radical (unpaired) electrons. The molecule has 3 rings (SSSR count). The number of aromatic nitrogens is 4. The molecule has 0 amide bonds. The van der Waals surface area contributed by atoms with Gasteiger partial charge in [-0.3, -0.25) is 4.57 Å². The van der Waals surface area contributed by atoms with E-state index in [4.69, 9.17) is 15.4 Å². The van der Waals surface area contributed by atoms with Crippen molar-refractivity contribution in [3.8, 4) is 0 Å². The van der Waals surface area contributed by atoms with Crippen LogP contribution in [0.5, 0.6) is 0 Å². The molecule has 3 heterocycles. The van der Waals surface area contributed by atoms with Crippen molar-refractivity contribution in [2.75, 3.05) is 6.61 Å². The molecule has 0 bridgehead atoms. The SMILES string of the molecule is [N-]=[N+]=Nc1ncnc2c1ncn2[C@@H]1O[C@H](CO)[C@@H](O)[C@H]1O. The Morgan fingerprint density at radius 1 is 1.33 bits per heavy atom. The molecule has 11 heteroatoms. The van der Waals surface area contributed by atoms with Crippen molar-refractivity contribution in [1.29, 1.82) is 0 Å². The van der Waals surface area contributed by atoms with Crippen molar-refractivity contribution in [3.05, 3.63) is 23.1 Å². The van der Waals surface area contributed by atoms with Gasteiger partial charge in [0.15, 0.2) is 17.7 Å². The molecule has 0 saturated carbocycles. The van der Waals surface area contributed by atoms with Gasteiger partial charge in [0.1, 0.15) is 30.2 Å². The average Bonchev–Trinajstić information content (AvgIpc) is 3.03. The molecular weight excluding hydrogens is 282 g/mol. The van der Waals surface area contributed by atoms with E-state index in [1.165, 1.54) is 17.2 Å². The lowest BCUT2D eigenvalue weighted by atomic mass is 10.1. The molecule has 1 aliphatic rings. The van der Waals surface area contributed by atoms with Gasteiger partial charge in [-0.15, -0.1) is 0 Å². The molecule has 0 aromatic carbocycles. The fourth-order valence-corrected chi connectivity index (χ4v) is 2.25. The van der Waals surface area contributed by atoms with Gasteiger partial charge in [0.2, 0.25) is 0 Å². The number of hydrogen-bond acceptors (Lipinski definition) is 8. The molecule has 1 saturated heterocycles. The molecule has 21 heavy (non-hydrogen) atoms. The van der Waals surface area contributed by atoms with E-state index in [1.807, 2.05) is 0 Å². The summed E-state index contributed by atoms with van der Waals surface area (Å²) >= 11 is 0. The van der Waals surface area contributed by atoms with Crippen molar-refractivity contribution in [3.63, 3.8) is 0 Å². The minimum atomic E-state index is -1.25. The van der Waals surface area contributed by atoms with E-state index >= 15 is 0 Å². The predicted molar refractivity (Wildman–Crippen MR) is 67.1 cm³/mol. The monoisotopic (exact) mass is 293 g/mol. The zero-order valence-electron chi connectivity index (χ0n) is 10.6. The summed E-state index contributed by atoms with van der Waals surface area (Å²) in [6, 6.07) is 0. The van der Waals surface area contributed by atoms with Gasteiger partial charge in [-0.1, -0.05) is 0 Å². The van der Waals surface area contributed by atoms with E-state index in [9.17, 15) is 10.2 Å². The van der Waals surface area contributed by atoms with E-state index in [2.05, 4.69) is 25.0 Å². The van der Waals surface area contributed by atoms with E-state index in [0.29, 0.717) is 0 Å². The number of aliphatic hydroxyl groups excluding tert-OH is 3. The first kappa shape index (κ1) is 13.7. The third-order valence-electron chi connectivity index (χ3n) is 3.27. The Bertz CT molecular complexity index is 712. The van der Waals surface area contributed by atoms with E-state index in [0.717, 1.165) is 0 Å². The van der Waals surface area contributed by atoms with Crippen LogP contribution < -0.4 is 0 Å². The van der Waals surface area contributed by atoms with Crippen molar-refractivity contribution in [1.82, 2.24) is 19.5 Å². The fraction of sp³-hybridized carbons (Fsp3) is 0.500. The number of nitrogens with zero attached hydrogens (tertiary/aromatic N) is 7. The van der Waals surface area contributed by atoms with Gasteiger partial charge in [0.25, 0.3) is 0 Å². The highest BCUT2D eigenvalue weighted by Crippen LogP contribution is 2.32. The Labute approximate surface area is 117 Å². The van der Waals surface area contributed by atoms with Crippen LogP contribution >= 0.6 is 0 Å². The topological polar surface area (TPSA) is 162 Å². The van der Waals surface area contributed by atoms with Crippen molar-refractivity contribution >= 4 is 17.0 Å². The largest absolute Gasteiger partial charge is 0.394 e. The van der Waals surface area contributed by atoms with Gasteiger partial charge in [-0.05, 0) is 10.6 Å². The maximum Gasteiger partial charge on any atom is 0.165 e. The highest BCUT2D eigenvalue weighted by atomic mass is 16.6. The molecule has 1 fully saturated rings. The molecule has 2 aromatic heterocycles. The fourth-order valence-electron chi connectivity index (χ4n) is 2.25. The number of imidazole rings is 1. The first-order chi connectivity index (χ1) is 10.2. The molecule has 11 nitrogen and oxygen atoms in total.